The van der Waals surface area contributed by atoms with E-state index >= 15 is 0 Å². The van der Waals surface area contributed by atoms with Gasteiger partial charge in [-0.2, -0.15) is 0 Å². The number of hydrogen-bond donors (Lipinski definition) is 1. The maximum atomic E-state index is 13.5. The minimum absolute atomic E-state index is 0.0607. The van der Waals surface area contributed by atoms with Gasteiger partial charge in [-0.15, -0.1) is 11.8 Å². The van der Waals surface area contributed by atoms with E-state index < -0.39 is 0 Å². The number of nitrogens with zero attached hydrogens (tertiary/aromatic N) is 1. The first kappa shape index (κ1) is 18.3. The summed E-state index contributed by atoms with van der Waals surface area (Å²) in [4.78, 5) is 14.8. The lowest BCUT2D eigenvalue weighted by molar-refractivity contribution is -0.115. The summed E-state index contributed by atoms with van der Waals surface area (Å²) in [6.07, 6.45) is 0.344. The fourth-order valence-corrected chi connectivity index (χ4v) is 3.27. The topological polar surface area (TPSA) is 32.3 Å². The standard InChI is InChI=1S/C19H23FN2OS/c1-3-22(4-2)16-11-9-15(10-12-16)21-19(23)13-14-24-18-8-6-5-7-17(18)20/h5-12H,3-4,13-14H2,1-2H3,(H,21,23). The van der Waals surface area contributed by atoms with E-state index in [0.717, 1.165) is 24.5 Å². The molecule has 2 rings (SSSR count). The number of hydrogen-bond acceptors (Lipinski definition) is 3. The van der Waals surface area contributed by atoms with Crippen molar-refractivity contribution in [2.75, 3.05) is 29.1 Å². The largest absolute Gasteiger partial charge is 0.372 e. The van der Waals surface area contributed by atoms with Crippen LogP contribution in [0.3, 0.4) is 0 Å². The van der Waals surface area contributed by atoms with Crippen LogP contribution >= 0.6 is 11.8 Å². The number of rotatable bonds is 8. The molecule has 24 heavy (non-hydrogen) atoms. The summed E-state index contributed by atoms with van der Waals surface area (Å²) in [7, 11) is 0. The van der Waals surface area contributed by atoms with Crippen molar-refractivity contribution >= 4 is 29.0 Å². The highest BCUT2D eigenvalue weighted by Crippen LogP contribution is 2.22. The first-order valence-corrected chi connectivity index (χ1v) is 9.14. The lowest BCUT2D eigenvalue weighted by Crippen LogP contribution is -2.21. The Morgan fingerprint density at radius 2 is 1.75 bits per heavy atom. The van der Waals surface area contributed by atoms with Crippen molar-refractivity contribution in [1.29, 1.82) is 0 Å². The van der Waals surface area contributed by atoms with Crippen molar-refractivity contribution in [3.63, 3.8) is 0 Å². The Labute approximate surface area is 147 Å². The van der Waals surface area contributed by atoms with E-state index in [1.165, 1.54) is 17.8 Å². The smallest absolute Gasteiger partial charge is 0.225 e. The summed E-state index contributed by atoms with van der Waals surface area (Å²) < 4.78 is 13.5. The molecule has 0 bridgehead atoms. The first-order valence-electron chi connectivity index (χ1n) is 8.16. The predicted octanol–water partition coefficient (Wildman–Crippen LogP) is 4.79. The molecule has 2 aromatic rings. The first-order chi connectivity index (χ1) is 11.6. The highest BCUT2D eigenvalue weighted by atomic mass is 32.2. The van der Waals surface area contributed by atoms with Crippen LogP contribution in [-0.2, 0) is 4.79 Å². The molecule has 0 spiro atoms. The fourth-order valence-electron chi connectivity index (χ4n) is 2.38. The Kier molecular flexibility index (Phi) is 7.12. The maximum absolute atomic E-state index is 13.5. The van der Waals surface area contributed by atoms with Gasteiger partial charge in [0.05, 0.1) is 0 Å². The van der Waals surface area contributed by atoms with Gasteiger partial charge in [-0.3, -0.25) is 4.79 Å². The summed E-state index contributed by atoms with van der Waals surface area (Å²) in [5.41, 5.74) is 1.93. The Morgan fingerprint density at radius 1 is 1.08 bits per heavy atom. The maximum Gasteiger partial charge on any atom is 0.225 e. The molecule has 0 fully saturated rings. The molecular weight excluding hydrogens is 323 g/mol. The summed E-state index contributed by atoms with van der Waals surface area (Å²) in [6, 6.07) is 14.5. The molecule has 0 radical (unpaired) electrons. The number of carbonyl (C=O) groups is 1. The minimum Gasteiger partial charge on any atom is -0.372 e. The van der Waals surface area contributed by atoms with Gasteiger partial charge in [0.1, 0.15) is 5.82 Å². The van der Waals surface area contributed by atoms with Crippen molar-refractivity contribution in [3.8, 4) is 0 Å². The highest BCUT2D eigenvalue weighted by molar-refractivity contribution is 7.99. The number of anilines is 2. The second-order valence-corrected chi connectivity index (χ2v) is 6.43. The van der Waals surface area contributed by atoms with E-state index in [0.29, 0.717) is 17.1 Å². The molecule has 0 heterocycles. The van der Waals surface area contributed by atoms with E-state index in [1.807, 2.05) is 24.3 Å². The van der Waals surface area contributed by atoms with Crippen LogP contribution in [0.5, 0.6) is 0 Å². The fraction of sp³-hybridized carbons (Fsp3) is 0.316. The van der Waals surface area contributed by atoms with Gasteiger partial charge in [0.2, 0.25) is 5.91 Å². The average Bonchev–Trinajstić information content (AvgIpc) is 2.59. The Balaban J connectivity index is 1.81. The number of amides is 1. The molecule has 0 aromatic heterocycles. The summed E-state index contributed by atoms with van der Waals surface area (Å²) in [6.45, 7) is 6.14. The number of thioether (sulfide) groups is 1. The number of halogens is 1. The molecule has 1 amide bonds. The zero-order valence-corrected chi connectivity index (χ0v) is 14.9. The van der Waals surface area contributed by atoms with Crippen LogP contribution in [-0.4, -0.2) is 24.7 Å². The highest BCUT2D eigenvalue weighted by Gasteiger charge is 2.06. The molecule has 3 nitrogen and oxygen atoms in total. The van der Waals surface area contributed by atoms with Gasteiger partial charge in [-0.05, 0) is 50.2 Å². The van der Waals surface area contributed by atoms with Gasteiger partial charge >= 0.3 is 0 Å². The van der Waals surface area contributed by atoms with Crippen LogP contribution in [0.15, 0.2) is 53.4 Å². The molecule has 0 aliphatic rings. The third-order valence-corrected chi connectivity index (χ3v) is 4.75. The SMILES string of the molecule is CCN(CC)c1ccc(NC(=O)CCSc2ccccc2F)cc1. The normalized spacial score (nSPS) is 10.5. The van der Waals surface area contributed by atoms with Crippen molar-refractivity contribution in [2.45, 2.75) is 25.2 Å². The van der Waals surface area contributed by atoms with Crippen LogP contribution in [0.1, 0.15) is 20.3 Å². The molecule has 0 atom stereocenters. The Morgan fingerprint density at radius 3 is 2.38 bits per heavy atom. The van der Waals surface area contributed by atoms with E-state index in [4.69, 9.17) is 0 Å². The average molecular weight is 346 g/mol. The quantitative estimate of drug-likeness (QED) is 0.697. The zero-order valence-electron chi connectivity index (χ0n) is 14.1. The molecule has 0 saturated heterocycles. The van der Waals surface area contributed by atoms with E-state index in [-0.39, 0.29) is 11.7 Å². The van der Waals surface area contributed by atoms with Gasteiger partial charge in [-0.25, -0.2) is 4.39 Å². The molecule has 0 saturated carbocycles. The second kappa shape index (κ2) is 9.33. The molecule has 5 heteroatoms. The zero-order chi connectivity index (χ0) is 17.4. The lowest BCUT2D eigenvalue weighted by atomic mass is 10.2. The third-order valence-electron chi connectivity index (χ3n) is 3.70. The predicted molar refractivity (Wildman–Crippen MR) is 100 cm³/mol. The van der Waals surface area contributed by atoms with Crippen LogP contribution < -0.4 is 10.2 Å². The van der Waals surface area contributed by atoms with Crippen molar-refractivity contribution < 1.29 is 9.18 Å². The molecule has 128 valence electrons. The van der Waals surface area contributed by atoms with Gasteiger partial charge in [-0.1, -0.05) is 12.1 Å². The van der Waals surface area contributed by atoms with E-state index in [2.05, 4.69) is 24.1 Å². The van der Waals surface area contributed by atoms with Crippen LogP contribution in [0.2, 0.25) is 0 Å². The molecule has 1 N–H and O–H groups in total. The number of carbonyl (C=O) groups excluding carboxylic acids is 1. The van der Waals surface area contributed by atoms with Gasteiger partial charge in [0.25, 0.3) is 0 Å². The summed E-state index contributed by atoms with van der Waals surface area (Å²) in [5, 5.41) is 2.88. The van der Waals surface area contributed by atoms with E-state index in [1.54, 1.807) is 18.2 Å². The number of benzene rings is 2. The summed E-state index contributed by atoms with van der Waals surface area (Å²) >= 11 is 1.36. The van der Waals surface area contributed by atoms with Crippen LogP contribution in [0.4, 0.5) is 15.8 Å². The minimum atomic E-state index is -0.241. The molecule has 2 aromatic carbocycles. The van der Waals surface area contributed by atoms with E-state index in [9.17, 15) is 9.18 Å². The van der Waals surface area contributed by atoms with Crippen LogP contribution in [0.25, 0.3) is 0 Å². The van der Waals surface area contributed by atoms with Gasteiger partial charge in [0, 0.05) is 41.5 Å². The Hall–Kier alpha value is -2.01. The molecule has 0 aliphatic heterocycles. The van der Waals surface area contributed by atoms with Gasteiger partial charge < -0.3 is 10.2 Å². The number of nitrogens with one attached hydrogen (secondary N) is 1. The second-order valence-electron chi connectivity index (χ2n) is 5.30. The molecule has 0 unspecified atom stereocenters. The lowest BCUT2D eigenvalue weighted by Gasteiger charge is -2.21. The van der Waals surface area contributed by atoms with Crippen LogP contribution in [0, 0.1) is 5.82 Å². The monoisotopic (exact) mass is 346 g/mol. The van der Waals surface area contributed by atoms with Crippen molar-refractivity contribution in [3.05, 3.63) is 54.3 Å². The Bertz CT molecular complexity index is 657. The summed E-state index contributed by atoms with van der Waals surface area (Å²) in [5.74, 6) is 0.244. The van der Waals surface area contributed by atoms with Gasteiger partial charge in [0.15, 0.2) is 0 Å². The molecular formula is C19H23FN2OS. The van der Waals surface area contributed by atoms with Crippen molar-refractivity contribution in [1.82, 2.24) is 0 Å². The molecule has 0 aliphatic carbocycles. The van der Waals surface area contributed by atoms with Crippen molar-refractivity contribution in [2.24, 2.45) is 0 Å². The third kappa shape index (κ3) is 5.27.